The molecule has 144 valence electrons. The van der Waals surface area contributed by atoms with E-state index in [2.05, 4.69) is 11.7 Å². The summed E-state index contributed by atoms with van der Waals surface area (Å²) in [6, 6.07) is 5.99. The predicted molar refractivity (Wildman–Crippen MR) is 102 cm³/mol. The third-order valence-electron chi connectivity index (χ3n) is 6.76. The molecule has 4 atom stereocenters. The van der Waals surface area contributed by atoms with Crippen LogP contribution in [-0.4, -0.2) is 13.1 Å². The van der Waals surface area contributed by atoms with Crippen LogP contribution in [0.1, 0.15) is 67.3 Å². The molecule has 2 aromatic rings. The third-order valence-corrected chi connectivity index (χ3v) is 6.76. The van der Waals surface area contributed by atoms with Gasteiger partial charge in [0.15, 0.2) is 0 Å². The van der Waals surface area contributed by atoms with Crippen LogP contribution < -0.4 is 0 Å². The summed E-state index contributed by atoms with van der Waals surface area (Å²) in [5.41, 5.74) is 0.732. The van der Waals surface area contributed by atoms with E-state index in [0.29, 0.717) is 11.3 Å². The molecule has 2 saturated carbocycles. The minimum Gasteiger partial charge on any atom is -0.465 e. The van der Waals surface area contributed by atoms with E-state index >= 15 is 0 Å². The molecule has 4 rings (SSSR count). The van der Waals surface area contributed by atoms with Crippen molar-refractivity contribution in [3.8, 4) is 0 Å². The summed E-state index contributed by atoms with van der Waals surface area (Å²) in [4.78, 5) is 11.7. The van der Waals surface area contributed by atoms with Gasteiger partial charge < -0.3 is 4.74 Å². The number of ether oxygens (including phenoxy) is 1. The summed E-state index contributed by atoms with van der Waals surface area (Å²) in [5.74, 6) is 0.855. The van der Waals surface area contributed by atoms with Crippen LogP contribution in [0.2, 0.25) is 0 Å². The fourth-order valence-corrected chi connectivity index (χ4v) is 5.29. The number of carbonyl (C=O) groups excluding carboxylic acids is 1. The SMILES string of the molecule is COC(=O)c1cc2c(F)cc(C3CCC4CC(C)CCC4C3)cc2cc1F. The van der Waals surface area contributed by atoms with Gasteiger partial charge in [0.1, 0.15) is 11.6 Å². The van der Waals surface area contributed by atoms with Crippen molar-refractivity contribution in [1.29, 1.82) is 0 Å². The molecule has 2 fully saturated rings. The Balaban J connectivity index is 1.64. The fraction of sp³-hybridized carbons (Fsp3) is 0.522. The van der Waals surface area contributed by atoms with Crippen molar-refractivity contribution in [2.24, 2.45) is 17.8 Å². The Morgan fingerprint density at radius 2 is 1.70 bits per heavy atom. The highest BCUT2D eigenvalue weighted by molar-refractivity contribution is 5.96. The summed E-state index contributed by atoms with van der Waals surface area (Å²) in [7, 11) is 1.19. The van der Waals surface area contributed by atoms with Crippen LogP contribution in [0.5, 0.6) is 0 Å². The third kappa shape index (κ3) is 3.46. The van der Waals surface area contributed by atoms with Gasteiger partial charge in [-0.1, -0.05) is 19.4 Å². The number of halogens is 2. The molecule has 2 aliphatic carbocycles. The van der Waals surface area contributed by atoms with Gasteiger partial charge in [-0.05, 0) is 84.9 Å². The van der Waals surface area contributed by atoms with Crippen molar-refractivity contribution >= 4 is 16.7 Å². The van der Waals surface area contributed by atoms with E-state index in [9.17, 15) is 13.6 Å². The molecule has 0 bridgehead atoms. The smallest absolute Gasteiger partial charge is 0.340 e. The number of methoxy groups -OCH3 is 1. The molecular formula is C23H26F2O2. The monoisotopic (exact) mass is 372 g/mol. The highest BCUT2D eigenvalue weighted by Gasteiger charge is 2.35. The molecule has 4 heteroatoms. The Bertz CT molecular complexity index is 876. The molecule has 2 aromatic carbocycles. The molecule has 0 heterocycles. The standard InChI is InChI=1S/C23H26F2O2/c1-13-3-4-15-8-16(6-5-14(15)7-13)17-9-18-11-22(25)20(23(26)27-2)12-19(18)21(24)10-17/h9-16H,3-8H2,1-2H3. The van der Waals surface area contributed by atoms with E-state index in [1.54, 1.807) is 6.07 Å². The minimum atomic E-state index is -0.789. The average Bonchev–Trinajstić information content (AvgIpc) is 2.66. The second-order valence-corrected chi connectivity index (χ2v) is 8.50. The molecule has 0 aromatic heterocycles. The molecule has 4 unspecified atom stereocenters. The highest BCUT2D eigenvalue weighted by Crippen LogP contribution is 2.47. The molecule has 0 radical (unpaired) electrons. The van der Waals surface area contributed by atoms with Crippen molar-refractivity contribution in [1.82, 2.24) is 0 Å². The summed E-state index contributed by atoms with van der Waals surface area (Å²) >= 11 is 0. The molecular weight excluding hydrogens is 346 g/mol. The number of rotatable bonds is 2. The average molecular weight is 372 g/mol. The predicted octanol–water partition coefficient (Wildman–Crippen LogP) is 6.22. The van der Waals surface area contributed by atoms with Crippen LogP contribution in [0.25, 0.3) is 10.8 Å². The maximum Gasteiger partial charge on any atom is 0.340 e. The quantitative estimate of drug-likeness (QED) is 0.585. The molecule has 0 N–H and O–H groups in total. The lowest BCUT2D eigenvalue weighted by Gasteiger charge is -2.41. The zero-order chi connectivity index (χ0) is 19.1. The highest BCUT2D eigenvalue weighted by atomic mass is 19.1. The lowest BCUT2D eigenvalue weighted by molar-refractivity contribution is 0.0595. The molecule has 2 nitrogen and oxygen atoms in total. The fourth-order valence-electron chi connectivity index (χ4n) is 5.29. The second-order valence-electron chi connectivity index (χ2n) is 8.50. The van der Waals surface area contributed by atoms with Gasteiger partial charge in [-0.25, -0.2) is 13.6 Å². The number of esters is 1. The van der Waals surface area contributed by atoms with Crippen LogP contribution in [0, 0.1) is 29.4 Å². The van der Waals surface area contributed by atoms with Crippen molar-refractivity contribution < 1.29 is 18.3 Å². The van der Waals surface area contributed by atoms with Gasteiger partial charge in [0.2, 0.25) is 0 Å². The van der Waals surface area contributed by atoms with E-state index in [1.807, 2.05) is 6.07 Å². The first-order chi connectivity index (χ1) is 13.0. The van der Waals surface area contributed by atoms with E-state index in [-0.39, 0.29) is 10.9 Å². The van der Waals surface area contributed by atoms with Crippen molar-refractivity contribution in [2.75, 3.05) is 7.11 Å². The van der Waals surface area contributed by atoms with Gasteiger partial charge in [-0.2, -0.15) is 0 Å². The van der Waals surface area contributed by atoms with E-state index < -0.39 is 17.6 Å². The first-order valence-electron chi connectivity index (χ1n) is 9.97. The largest absolute Gasteiger partial charge is 0.465 e. The van der Waals surface area contributed by atoms with E-state index in [4.69, 9.17) is 0 Å². The normalized spacial score (nSPS) is 28.0. The van der Waals surface area contributed by atoms with Gasteiger partial charge in [0, 0.05) is 5.39 Å². The number of carbonyl (C=O) groups is 1. The number of fused-ring (bicyclic) bond motifs is 2. The minimum absolute atomic E-state index is 0.228. The topological polar surface area (TPSA) is 26.3 Å². The lowest BCUT2D eigenvalue weighted by Crippen LogP contribution is -2.29. The van der Waals surface area contributed by atoms with Crippen LogP contribution in [-0.2, 0) is 4.74 Å². The molecule has 0 amide bonds. The van der Waals surface area contributed by atoms with Crippen molar-refractivity contribution in [3.63, 3.8) is 0 Å². The number of benzene rings is 2. The Morgan fingerprint density at radius 3 is 2.48 bits per heavy atom. The first-order valence-corrected chi connectivity index (χ1v) is 9.97. The number of hydrogen-bond donors (Lipinski definition) is 0. The van der Waals surface area contributed by atoms with Gasteiger partial charge >= 0.3 is 5.97 Å². The Morgan fingerprint density at radius 1 is 0.963 bits per heavy atom. The molecule has 0 aliphatic heterocycles. The molecule has 2 aliphatic rings. The van der Waals surface area contributed by atoms with Crippen LogP contribution in [0.3, 0.4) is 0 Å². The summed E-state index contributed by atoms with van der Waals surface area (Å²) < 4.78 is 33.7. The van der Waals surface area contributed by atoms with Crippen LogP contribution >= 0.6 is 0 Å². The molecule has 0 saturated heterocycles. The second kappa shape index (κ2) is 7.21. The van der Waals surface area contributed by atoms with Crippen LogP contribution in [0.15, 0.2) is 24.3 Å². The number of hydrogen-bond acceptors (Lipinski definition) is 2. The summed E-state index contributed by atoms with van der Waals surface area (Å²) in [5, 5.41) is 0.773. The summed E-state index contributed by atoms with van der Waals surface area (Å²) in [6.07, 6.45) is 7.27. The maximum absolute atomic E-state index is 14.8. The zero-order valence-electron chi connectivity index (χ0n) is 15.9. The molecule has 0 spiro atoms. The first kappa shape index (κ1) is 18.4. The van der Waals surface area contributed by atoms with E-state index in [1.165, 1.54) is 44.9 Å². The summed E-state index contributed by atoms with van der Waals surface area (Å²) in [6.45, 7) is 2.35. The molecule has 27 heavy (non-hydrogen) atoms. The lowest BCUT2D eigenvalue weighted by atomic mass is 9.64. The zero-order valence-corrected chi connectivity index (χ0v) is 15.9. The van der Waals surface area contributed by atoms with Gasteiger partial charge in [-0.15, -0.1) is 0 Å². The Labute approximate surface area is 158 Å². The van der Waals surface area contributed by atoms with Gasteiger partial charge in [0.05, 0.1) is 12.7 Å². The maximum atomic E-state index is 14.8. The van der Waals surface area contributed by atoms with E-state index in [0.717, 1.165) is 36.2 Å². The van der Waals surface area contributed by atoms with Gasteiger partial charge in [-0.3, -0.25) is 0 Å². The van der Waals surface area contributed by atoms with Crippen molar-refractivity contribution in [2.45, 2.75) is 51.4 Å². The van der Waals surface area contributed by atoms with Gasteiger partial charge in [0.25, 0.3) is 0 Å². The van der Waals surface area contributed by atoms with Crippen molar-refractivity contribution in [3.05, 3.63) is 47.0 Å². The van der Waals surface area contributed by atoms with Crippen LogP contribution in [0.4, 0.5) is 8.78 Å². The Kier molecular flexibility index (Phi) is 4.92. The Hall–Kier alpha value is -1.97.